The van der Waals surface area contributed by atoms with Crippen LogP contribution in [-0.2, 0) is 14.3 Å². The number of ether oxygens (including phenoxy) is 1. The number of nitrogens with zero attached hydrogens (tertiary/aromatic N) is 1. The number of carbonyl (C=O) groups excluding carboxylic acids is 3. The highest BCUT2D eigenvalue weighted by atomic mass is 16.5. The highest BCUT2D eigenvalue weighted by Crippen LogP contribution is 2.32. The van der Waals surface area contributed by atoms with Gasteiger partial charge in [0, 0.05) is 23.9 Å². The van der Waals surface area contributed by atoms with Crippen LogP contribution in [0.4, 0.5) is 5.69 Å². The molecule has 0 bridgehead atoms. The number of benzene rings is 3. The van der Waals surface area contributed by atoms with Gasteiger partial charge in [0.15, 0.2) is 6.10 Å². The Morgan fingerprint density at radius 3 is 2.45 bits per heavy atom. The van der Waals surface area contributed by atoms with E-state index >= 15 is 0 Å². The first-order chi connectivity index (χ1) is 14.0. The molecule has 1 aliphatic rings. The first-order valence-corrected chi connectivity index (χ1v) is 9.62. The SMILES string of the molecule is C[C@@H](OC(=O)[C@H]1CC(=O)N(c2cccc3ccccc23)C1)C(=O)c1ccccc1. The van der Waals surface area contributed by atoms with E-state index in [0.717, 1.165) is 16.5 Å². The smallest absolute Gasteiger partial charge is 0.312 e. The van der Waals surface area contributed by atoms with Gasteiger partial charge in [-0.25, -0.2) is 0 Å². The van der Waals surface area contributed by atoms with E-state index in [-0.39, 0.29) is 24.7 Å². The van der Waals surface area contributed by atoms with Gasteiger partial charge in [-0.1, -0.05) is 66.7 Å². The van der Waals surface area contributed by atoms with Gasteiger partial charge >= 0.3 is 5.97 Å². The molecule has 4 rings (SSSR count). The number of ketones is 1. The Morgan fingerprint density at radius 1 is 0.966 bits per heavy atom. The molecule has 146 valence electrons. The summed E-state index contributed by atoms with van der Waals surface area (Å²) in [4.78, 5) is 39.3. The van der Waals surface area contributed by atoms with Crippen molar-refractivity contribution in [1.82, 2.24) is 0 Å². The topological polar surface area (TPSA) is 63.7 Å². The normalized spacial score (nSPS) is 17.3. The molecule has 1 amide bonds. The van der Waals surface area contributed by atoms with E-state index in [1.165, 1.54) is 0 Å². The average molecular weight is 387 g/mol. The van der Waals surface area contributed by atoms with E-state index in [2.05, 4.69) is 0 Å². The zero-order chi connectivity index (χ0) is 20.4. The van der Waals surface area contributed by atoms with Crippen molar-refractivity contribution in [2.24, 2.45) is 5.92 Å². The van der Waals surface area contributed by atoms with Crippen LogP contribution in [0.25, 0.3) is 10.8 Å². The van der Waals surface area contributed by atoms with E-state index in [9.17, 15) is 14.4 Å². The van der Waals surface area contributed by atoms with Gasteiger partial charge in [-0.2, -0.15) is 0 Å². The summed E-state index contributed by atoms with van der Waals surface area (Å²) < 4.78 is 5.40. The fourth-order valence-corrected chi connectivity index (χ4v) is 3.70. The Morgan fingerprint density at radius 2 is 1.66 bits per heavy atom. The molecule has 0 saturated carbocycles. The maximum absolute atomic E-state index is 12.6. The minimum atomic E-state index is -0.897. The first-order valence-electron chi connectivity index (χ1n) is 9.62. The highest BCUT2D eigenvalue weighted by molar-refractivity contribution is 6.07. The second-order valence-corrected chi connectivity index (χ2v) is 7.21. The van der Waals surface area contributed by atoms with Crippen LogP contribution in [0.5, 0.6) is 0 Å². The molecule has 1 fully saturated rings. The van der Waals surface area contributed by atoms with Gasteiger partial charge < -0.3 is 9.64 Å². The lowest BCUT2D eigenvalue weighted by Crippen LogP contribution is -2.30. The lowest BCUT2D eigenvalue weighted by Gasteiger charge is -2.19. The Kier molecular flexibility index (Phi) is 5.12. The third-order valence-electron chi connectivity index (χ3n) is 5.24. The van der Waals surface area contributed by atoms with Gasteiger partial charge in [0.05, 0.1) is 11.6 Å². The molecule has 0 unspecified atom stereocenters. The van der Waals surface area contributed by atoms with Gasteiger partial charge in [0.2, 0.25) is 11.7 Å². The number of carbonyl (C=O) groups is 3. The molecule has 0 aliphatic carbocycles. The number of hydrogen-bond acceptors (Lipinski definition) is 4. The Labute approximate surface area is 168 Å². The van der Waals surface area contributed by atoms with Crippen LogP contribution in [0.1, 0.15) is 23.7 Å². The van der Waals surface area contributed by atoms with Crippen molar-refractivity contribution in [2.75, 3.05) is 11.4 Å². The summed E-state index contributed by atoms with van der Waals surface area (Å²) in [5.74, 6) is -1.48. The minimum absolute atomic E-state index is 0.0777. The van der Waals surface area contributed by atoms with Crippen LogP contribution in [0.3, 0.4) is 0 Å². The molecule has 0 spiro atoms. The molecule has 0 aromatic heterocycles. The lowest BCUT2D eigenvalue weighted by molar-refractivity contribution is -0.151. The third kappa shape index (κ3) is 3.76. The monoisotopic (exact) mass is 387 g/mol. The van der Waals surface area contributed by atoms with Crippen molar-refractivity contribution in [3.05, 3.63) is 78.4 Å². The van der Waals surface area contributed by atoms with Crippen molar-refractivity contribution in [1.29, 1.82) is 0 Å². The van der Waals surface area contributed by atoms with E-state index < -0.39 is 18.0 Å². The van der Waals surface area contributed by atoms with Gasteiger partial charge in [-0.15, -0.1) is 0 Å². The molecular formula is C24H21NO4. The fraction of sp³-hybridized carbons (Fsp3) is 0.208. The van der Waals surface area contributed by atoms with Crippen molar-refractivity contribution < 1.29 is 19.1 Å². The molecule has 2 atom stereocenters. The maximum atomic E-state index is 12.6. The van der Waals surface area contributed by atoms with Gasteiger partial charge in [0.1, 0.15) is 0 Å². The average Bonchev–Trinajstić information content (AvgIpc) is 3.15. The lowest BCUT2D eigenvalue weighted by atomic mass is 10.1. The molecule has 3 aromatic rings. The zero-order valence-corrected chi connectivity index (χ0v) is 16.1. The molecular weight excluding hydrogens is 366 g/mol. The predicted octanol–water partition coefficient (Wildman–Crippen LogP) is 4.01. The van der Waals surface area contributed by atoms with E-state index in [4.69, 9.17) is 4.74 Å². The van der Waals surface area contributed by atoms with Crippen LogP contribution < -0.4 is 4.90 Å². The van der Waals surface area contributed by atoms with Crippen LogP contribution in [0.15, 0.2) is 72.8 Å². The Balaban J connectivity index is 1.47. The second kappa shape index (κ2) is 7.87. The number of rotatable bonds is 5. The van der Waals surface area contributed by atoms with Crippen molar-refractivity contribution >= 4 is 34.1 Å². The van der Waals surface area contributed by atoms with Gasteiger partial charge in [-0.05, 0) is 18.4 Å². The summed E-state index contributed by atoms with van der Waals surface area (Å²) in [6.45, 7) is 1.81. The number of amides is 1. The first kappa shape index (κ1) is 18.9. The van der Waals surface area contributed by atoms with Crippen LogP contribution >= 0.6 is 0 Å². The minimum Gasteiger partial charge on any atom is -0.454 e. The summed E-state index contributed by atoms with van der Waals surface area (Å²) in [6.07, 6.45) is -0.819. The van der Waals surface area contributed by atoms with Crippen LogP contribution in [0, 0.1) is 5.92 Å². The number of hydrogen-bond donors (Lipinski definition) is 0. The van der Waals surface area contributed by atoms with E-state index in [1.54, 1.807) is 36.1 Å². The third-order valence-corrected chi connectivity index (χ3v) is 5.24. The summed E-state index contributed by atoms with van der Waals surface area (Å²) >= 11 is 0. The zero-order valence-electron chi connectivity index (χ0n) is 16.1. The molecule has 1 aliphatic heterocycles. The summed E-state index contributed by atoms with van der Waals surface area (Å²) in [6, 6.07) is 22.3. The van der Waals surface area contributed by atoms with Gasteiger partial charge in [0.25, 0.3) is 0 Å². The molecule has 0 N–H and O–H groups in total. The Bertz CT molecular complexity index is 1070. The molecule has 29 heavy (non-hydrogen) atoms. The molecule has 1 heterocycles. The molecule has 3 aromatic carbocycles. The quantitative estimate of drug-likeness (QED) is 0.490. The van der Waals surface area contributed by atoms with Gasteiger partial charge in [-0.3, -0.25) is 14.4 Å². The summed E-state index contributed by atoms with van der Waals surface area (Å²) in [5, 5.41) is 2.00. The predicted molar refractivity (Wildman–Crippen MR) is 111 cm³/mol. The van der Waals surface area contributed by atoms with Crippen molar-refractivity contribution in [2.45, 2.75) is 19.4 Å². The number of esters is 1. The molecule has 5 heteroatoms. The van der Waals surface area contributed by atoms with Crippen LogP contribution in [-0.4, -0.2) is 30.3 Å². The summed E-state index contributed by atoms with van der Waals surface area (Å²) in [7, 11) is 0. The van der Waals surface area contributed by atoms with E-state index in [0.29, 0.717) is 5.56 Å². The number of anilines is 1. The largest absolute Gasteiger partial charge is 0.454 e. The number of Topliss-reactive ketones (excluding diaryl/α,β-unsaturated/α-hetero) is 1. The van der Waals surface area contributed by atoms with Crippen molar-refractivity contribution in [3.8, 4) is 0 Å². The standard InChI is InChI=1S/C24H21NO4/c1-16(23(27)18-9-3-2-4-10-18)29-24(28)19-14-22(26)25(15-19)21-13-7-11-17-8-5-6-12-20(17)21/h2-13,16,19H,14-15H2,1H3/t16-,19+/m1/s1. The maximum Gasteiger partial charge on any atom is 0.312 e. The number of fused-ring (bicyclic) bond motifs is 1. The Hall–Kier alpha value is -3.47. The second-order valence-electron chi connectivity index (χ2n) is 7.21. The molecule has 5 nitrogen and oxygen atoms in total. The van der Waals surface area contributed by atoms with E-state index in [1.807, 2.05) is 48.5 Å². The summed E-state index contributed by atoms with van der Waals surface area (Å²) in [5.41, 5.74) is 1.28. The van der Waals surface area contributed by atoms with Crippen molar-refractivity contribution in [3.63, 3.8) is 0 Å². The highest BCUT2D eigenvalue weighted by Gasteiger charge is 2.37. The molecule has 0 radical (unpaired) electrons. The molecule has 1 saturated heterocycles. The van der Waals surface area contributed by atoms with Crippen LogP contribution in [0.2, 0.25) is 0 Å². The fourth-order valence-electron chi connectivity index (χ4n) is 3.70.